The molecule has 0 fully saturated rings. The Morgan fingerprint density at radius 3 is 2.47 bits per heavy atom. The molecule has 5 N–H and O–H groups in total. The van der Waals surface area contributed by atoms with E-state index in [4.69, 9.17) is 20.1 Å². The lowest BCUT2D eigenvalue weighted by Crippen LogP contribution is -2.31. The molecule has 1 aliphatic heterocycles. The van der Waals surface area contributed by atoms with E-state index in [9.17, 15) is 15.0 Å². The molecule has 0 aliphatic carbocycles. The Labute approximate surface area is 96.3 Å². The van der Waals surface area contributed by atoms with Gasteiger partial charge in [0.15, 0.2) is 11.9 Å². The lowest BCUT2D eigenvalue weighted by atomic mass is 10.2. The van der Waals surface area contributed by atoms with Crippen LogP contribution >= 0.6 is 0 Å². The Morgan fingerprint density at radius 2 is 1.94 bits per heavy atom. The predicted molar refractivity (Wildman–Crippen MR) is 51.7 cm³/mol. The first-order chi connectivity index (χ1) is 8.01. The average molecular weight is 250 g/mol. The highest BCUT2D eigenvalue weighted by Crippen LogP contribution is 2.24. The van der Waals surface area contributed by atoms with E-state index < -0.39 is 55.6 Å². The topological polar surface area (TPSA) is 137 Å². The van der Waals surface area contributed by atoms with Gasteiger partial charge >= 0.3 is 5.97 Å². The second kappa shape index (κ2) is 5.82. The molecule has 0 aromatic heterocycles. The van der Waals surface area contributed by atoms with E-state index in [1.54, 1.807) is 0 Å². The molecular weight excluding hydrogens is 236 g/mol. The van der Waals surface area contributed by atoms with Crippen LogP contribution in [0.5, 0.6) is 0 Å². The second-order valence-corrected chi connectivity index (χ2v) is 3.44. The lowest BCUT2D eigenvalue weighted by molar-refractivity contribution is -0.148. The van der Waals surface area contributed by atoms with E-state index in [2.05, 4.69) is 4.74 Å². The smallest absolute Gasteiger partial charge is 0.378 e. The molecule has 98 valence electrons. The zero-order chi connectivity index (χ0) is 13.0. The Kier molecular flexibility index (Phi) is 4.70. The fraction of sp³-hybridized carbons (Fsp3) is 0.667. The van der Waals surface area contributed by atoms with Gasteiger partial charge in [-0.25, -0.2) is 4.79 Å². The van der Waals surface area contributed by atoms with Crippen LogP contribution in [0.3, 0.4) is 0 Å². The molecular formula is C9H14O8. The maximum Gasteiger partial charge on any atom is 0.378 e. The van der Waals surface area contributed by atoms with Crippen LogP contribution in [0, 0.1) is 0 Å². The summed E-state index contributed by atoms with van der Waals surface area (Å²) in [5.74, 6) is -2.21. The minimum Gasteiger partial charge on any atom is -0.505 e. The van der Waals surface area contributed by atoms with Crippen molar-refractivity contribution in [2.24, 2.45) is 0 Å². The number of hydrogen-bond donors (Lipinski definition) is 5. The van der Waals surface area contributed by atoms with Gasteiger partial charge in [0, 0.05) is 0 Å². The molecule has 8 heteroatoms. The molecule has 0 aromatic rings. The van der Waals surface area contributed by atoms with Crippen molar-refractivity contribution < 1.29 is 39.8 Å². The minimum atomic E-state index is -1.46. The fourth-order valence-corrected chi connectivity index (χ4v) is 1.18. The van der Waals surface area contributed by atoms with Crippen LogP contribution in [-0.2, 0) is 14.3 Å². The summed E-state index contributed by atoms with van der Waals surface area (Å²) in [6, 6.07) is 0. The predicted octanol–water partition coefficient (Wildman–Crippen LogP) is -2.60. The maximum atomic E-state index is 11.2. The summed E-state index contributed by atoms with van der Waals surface area (Å²) in [7, 11) is 0. The maximum absolute atomic E-state index is 11.2. The third-order valence-electron chi connectivity index (χ3n) is 2.09. The number of rotatable bonds is 6. The van der Waals surface area contributed by atoms with Crippen LogP contribution in [0.1, 0.15) is 0 Å². The quantitative estimate of drug-likeness (QED) is 0.324. The molecule has 0 saturated carbocycles. The van der Waals surface area contributed by atoms with E-state index in [-0.39, 0.29) is 0 Å². The Morgan fingerprint density at radius 1 is 1.29 bits per heavy atom. The van der Waals surface area contributed by atoms with Gasteiger partial charge in [-0.05, 0) is 0 Å². The van der Waals surface area contributed by atoms with E-state index in [0.29, 0.717) is 0 Å². The van der Waals surface area contributed by atoms with Gasteiger partial charge in [0.1, 0.15) is 18.8 Å². The largest absolute Gasteiger partial charge is 0.505 e. The second-order valence-electron chi connectivity index (χ2n) is 3.44. The molecule has 3 unspecified atom stereocenters. The first-order valence-corrected chi connectivity index (χ1v) is 4.86. The number of carbonyl (C=O) groups excluding carboxylic acids is 1. The summed E-state index contributed by atoms with van der Waals surface area (Å²) < 4.78 is 9.32. The molecule has 17 heavy (non-hydrogen) atoms. The highest BCUT2D eigenvalue weighted by atomic mass is 16.6. The number of aliphatic hydroxyl groups is 5. The van der Waals surface area contributed by atoms with E-state index in [1.165, 1.54) is 0 Å². The van der Waals surface area contributed by atoms with Gasteiger partial charge in [0.25, 0.3) is 0 Å². The van der Waals surface area contributed by atoms with Gasteiger partial charge in [0.2, 0.25) is 5.76 Å². The minimum absolute atomic E-state index is 0.410. The van der Waals surface area contributed by atoms with Crippen LogP contribution in [0.4, 0.5) is 0 Å². The van der Waals surface area contributed by atoms with Gasteiger partial charge in [-0.2, -0.15) is 0 Å². The highest BCUT2D eigenvalue weighted by Gasteiger charge is 2.40. The molecule has 3 atom stereocenters. The standard InChI is InChI=1S/C9H14O8/c10-1-4(12)3-16-8-6(14)7(5(13)2-11)17-9(8)15/h4-5,7,10-14H,1-3H2. The van der Waals surface area contributed by atoms with Gasteiger partial charge in [-0.3, -0.25) is 0 Å². The van der Waals surface area contributed by atoms with Crippen LogP contribution < -0.4 is 0 Å². The summed E-state index contributed by atoms with van der Waals surface area (Å²) >= 11 is 0. The zero-order valence-corrected chi connectivity index (χ0v) is 8.81. The fourth-order valence-electron chi connectivity index (χ4n) is 1.18. The summed E-state index contributed by atoms with van der Waals surface area (Å²) in [4.78, 5) is 11.2. The average Bonchev–Trinajstić information content (AvgIpc) is 2.61. The van der Waals surface area contributed by atoms with Crippen molar-refractivity contribution >= 4 is 5.97 Å². The number of cyclic esters (lactones) is 1. The monoisotopic (exact) mass is 250 g/mol. The number of esters is 1. The van der Waals surface area contributed by atoms with Crippen molar-refractivity contribution in [1.82, 2.24) is 0 Å². The van der Waals surface area contributed by atoms with Crippen LogP contribution in [-0.4, -0.2) is 69.6 Å². The van der Waals surface area contributed by atoms with Crippen molar-refractivity contribution in [2.45, 2.75) is 18.3 Å². The third kappa shape index (κ3) is 3.07. The van der Waals surface area contributed by atoms with Crippen molar-refractivity contribution in [3.8, 4) is 0 Å². The molecule has 1 rings (SSSR count). The first-order valence-electron chi connectivity index (χ1n) is 4.86. The SMILES string of the molecule is O=C1OC(C(O)CO)C(O)=C1OCC(O)CO. The van der Waals surface area contributed by atoms with E-state index >= 15 is 0 Å². The number of ether oxygens (including phenoxy) is 2. The molecule has 1 heterocycles. The van der Waals surface area contributed by atoms with Crippen molar-refractivity contribution in [3.05, 3.63) is 11.5 Å². The van der Waals surface area contributed by atoms with Crippen LogP contribution in [0.2, 0.25) is 0 Å². The van der Waals surface area contributed by atoms with Crippen LogP contribution in [0.25, 0.3) is 0 Å². The number of aliphatic hydroxyl groups excluding tert-OH is 5. The zero-order valence-electron chi connectivity index (χ0n) is 8.81. The number of hydrogen-bond acceptors (Lipinski definition) is 8. The summed E-state index contributed by atoms with van der Waals surface area (Å²) in [5.41, 5.74) is 0. The lowest BCUT2D eigenvalue weighted by Gasteiger charge is -2.13. The third-order valence-corrected chi connectivity index (χ3v) is 2.09. The molecule has 0 aromatic carbocycles. The summed E-state index contributed by atoms with van der Waals surface area (Å²) in [6.45, 7) is -1.67. The number of carbonyl (C=O) groups is 1. The molecule has 8 nitrogen and oxygen atoms in total. The van der Waals surface area contributed by atoms with Crippen molar-refractivity contribution in [2.75, 3.05) is 19.8 Å². The first kappa shape index (κ1) is 13.7. The Bertz CT molecular complexity index is 312. The van der Waals surface area contributed by atoms with Crippen molar-refractivity contribution in [1.29, 1.82) is 0 Å². The van der Waals surface area contributed by atoms with Gasteiger partial charge < -0.3 is 35.0 Å². The Hall–Kier alpha value is -1.35. The van der Waals surface area contributed by atoms with Crippen LogP contribution in [0.15, 0.2) is 11.5 Å². The molecule has 0 bridgehead atoms. The van der Waals surface area contributed by atoms with Gasteiger partial charge in [0.05, 0.1) is 13.2 Å². The van der Waals surface area contributed by atoms with E-state index in [1.807, 2.05) is 0 Å². The van der Waals surface area contributed by atoms with Crippen molar-refractivity contribution in [3.63, 3.8) is 0 Å². The summed E-state index contributed by atoms with van der Waals surface area (Å²) in [6.07, 6.45) is -4.04. The molecule has 0 amide bonds. The summed E-state index contributed by atoms with van der Waals surface area (Å²) in [5, 5.41) is 44.9. The molecule has 0 saturated heterocycles. The highest BCUT2D eigenvalue weighted by molar-refractivity contribution is 5.89. The molecule has 0 spiro atoms. The molecule has 1 aliphatic rings. The molecule has 0 radical (unpaired) electrons. The Balaban J connectivity index is 2.68. The normalized spacial score (nSPS) is 23.5. The van der Waals surface area contributed by atoms with Gasteiger partial charge in [-0.15, -0.1) is 0 Å². The van der Waals surface area contributed by atoms with E-state index in [0.717, 1.165) is 0 Å². The van der Waals surface area contributed by atoms with Gasteiger partial charge in [-0.1, -0.05) is 0 Å².